The van der Waals surface area contributed by atoms with Crippen LogP contribution in [0.1, 0.15) is 23.2 Å². The van der Waals surface area contributed by atoms with Gasteiger partial charge in [0, 0.05) is 19.2 Å². The molecule has 1 aliphatic rings. The van der Waals surface area contributed by atoms with E-state index in [-0.39, 0.29) is 16.9 Å². The van der Waals surface area contributed by atoms with Gasteiger partial charge in [0.15, 0.2) is 0 Å². The van der Waals surface area contributed by atoms with Crippen molar-refractivity contribution < 1.29 is 14.8 Å². The Bertz CT molecular complexity index is 434. The highest BCUT2D eigenvalue weighted by Crippen LogP contribution is 2.34. The van der Waals surface area contributed by atoms with Crippen LogP contribution in [-0.2, 0) is 0 Å². The van der Waals surface area contributed by atoms with Gasteiger partial charge < -0.3 is 10.0 Å². The van der Waals surface area contributed by atoms with Crippen LogP contribution in [0.5, 0.6) is 0 Å². The molecule has 0 unspecified atom stereocenters. The zero-order valence-corrected chi connectivity index (χ0v) is 9.13. The van der Waals surface area contributed by atoms with E-state index >= 15 is 0 Å². The van der Waals surface area contributed by atoms with Crippen LogP contribution in [0.2, 0.25) is 0 Å². The lowest BCUT2D eigenvalue weighted by molar-refractivity contribution is -0.384. The smallest absolute Gasteiger partial charge is 0.338 e. The van der Waals surface area contributed by atoms with Gasteiger partial charge in [-0.3, -0.25) is 10.1 Å². The molecule has 1 aromatic rings. The molecule has 1 aliphatic heterocycles. The van der Waals surface area contributed by atoms with Crippen molar-refractivity contribution in [1.29, 1.82) is 0 Å². The molecular formula is C11H12N2O4. The van der Waals surface area contributed by atoms with Crippen molar-refractivity contribution in [2.45, 2.75) is 12.8 Å². The van der Waals surface area contributed by atoms with Gasteiger partial charge in [-0.25, -0.2) is 4.79 Å². The number of aromatic carboxylic acids is 1. The number of carboxylic acids is 1. The standard InChI is InChI=1S/C11H12N2O4/c14-11(15)8-4-3-5-9(13(16)17)10(8)12-6-1-2-7-12/h3-5H,1-2,6-7H2,(H,14,15). The number of hydrogen-bond donors (Lipinski definition) is 1. The van der Waals surface area contributed by atoms with E-state index < -0.39 is 10.9 Å². The molecule has 17 heavy (non-hydrogen) atoms. The minimum absolute atomic E-state index is 0.00102. The molecule has 0 amide bonds. The van der Waals surface area contributed by atoms with Crippen LogP contribution < -0.4 is 4.90 Å². The number of hydrogen-bond acceptors (Lipinski definition) is 4. The fourth-order valence-corrected chi connectivity index (χ4v) is 2.12. The van der Waals surface area contributed by atoms with E-state index in [1.807, 2.05) is 0 Å². The van der Waals surface area contributed by atoms with Crippen molar-refractivity contribution in [3.05, 3.63) is 33.9 Å². The first-order valence-corrected chi connectivity index (χ1v) is 5.37. The summed E-state index contributed by atoms with van der Waals surface area (Å²) in [4.78, 5) is 23.3. The summed E-state index contributed by atoms with van der Waals surface area (Å²) in [6, 6.07) is 4.16. The van der Waals surface area contributed by atoms with E-state index in [2.05, 4.69) is 0 Å². The van der Waals surface area contributed by atoms with Gasteiger partial charge in [0.05, 0.1) is 10.5 Å². The zero-order valence-electron chi connectivity index (χ0n) is 9.13. The van der Waals surface area contributed by atoms with Gasteiger partial charge >= 0.3 is 5.97 Å². The van der Waals surface area contributed by atoms with Gasteiger partial charge in [-0.1, -0.05) is 6.07 Å². The first-order chi connectivity index (χ1) is 8.11. The number of rotatable bonds is 3. The quantitative estimate of drug-likeness (QED) is 0.640. The summed E-state index contributed by atoms with van der Waals surface area (Å²) in [6.07, 6.45) is 1.87. The maximum atomic E-state index is 11.1. The van der Waals surface area contributed by atoms with E-state index in [0.717, 1.165) is 12.8 Å². The molecule has 0 atom stereocenters. The van der Waals surface area contributed by atoms with Crippen LogP contribution >= 0.6 is 0 Å². The van der Waals surface area contributed by atoms with Gasteiger partial charge in [0.1, 0.15) is 5.69 Å². The summed E-state index contributed by atoms with van der Waals surface area (Å²) in [5.41, 5.74) is 0.107. The molecule has 0 spiro atoms. The highest BCUT2D eigenvalue weighted by Gasteiger charge is 2.27. The summed E-state index contributed by atoms with van der Waals surface area (Å²) >= 11 is 0. The number of nitrogens with zero attached hydrogens (tertiary/aromatic N) is 2. The number of benzene rings is 1. The van der Waals surface area contributed by atoms with Crippen LogP contribution in [0.15, 0.2) is 18.2 Å². The molecule has 6 nitrogen and oxygen atoms in total. The van der Waals surface area contributed by atoms with Crippen molar-refractivity contribution in [3.8, 4) is 0 Å². The lowest BCUT2D eigenvalue weighted by Gasteiger charge is -2.19. The Balaban J connectivity index is 2.57. The fraction of sp³-hybridized carbons (Fsp3) is 0.364. The zero-order chi connectivity index (χ0) is 12.4. The van der Waals surface area contributed by atoms with E-state index in [0.29, 0.717) is 13.1 Å². The Hall–Kier alpha value is -2.11. The normalized spacial score (nSPS) is 14.9. The van der Waals surface area contributed by atoms with E-state index in [4.69, 9.17) is 5.11 Å². The van der Waals surface area contributed by atoms with E-state index in [9.17, 15) is 14.9 Å². The Morgan fingerprint density at radius 2 is 2.00 bits per heavy atom. The Morgan fingerprint density at radius 3 is 2.53 bits per heavy atom. The van der Waals surface area contributed by atoms with Crippen molar-refractivity contribution in [2.24, 2.45) is 0 Å². The third kappa shape index (κ3) is 2.06. The third-order valence-electron chi connectivity index (χ3n) is 2.86. The van der Waals surface area contributed by atoms with Gasteiger partial charge in [0.25, 0.3) is 5.69 Å². The van der Waals surface area contributed by atoms with Crippen LogP contribution in [-0.4, -0.2) is 29.1 Å². The maximum Gasteiger partial charge on any atom is 0.338 e. The van der Waals surface area contributed by atoms with E-state index in [1.165, 1.54) is 18.2 Å². The Morgan fingerprint density at radius 1 is 1.35 bits per heavy atom. The average molecular weight is 236 g/mol. The Labute approximate surface area is 97.6 Å². The average Bonchev–Trinajstić information content (AvgIpc) is 2.80. The van der Waals surface area contributed by atoms with Gasteiger partial charge in [-0.15, -0.1) is 0 Å². The van der Waals surface area contributed by atoms with Crippen LogP contribution in [0.3, 0.4) is 0 Å². The predicted molar refractivity (Wildman–Crippen MR) is 61.5 cm³/mol. The topological polar surface area (TPSA) is 83.7 Å². The van der Waals surface area contributed by atoms with Crippen LogP contribution in [0.25, 0.3) is 0 Å². The summed E-state index contributed by atoms with van der Waals surface area (Å²) in [7, 11) is 0. The molecule has 1 fully saturated rings. The minimum Gasteiger partial charge on any atom is -0.478 e. The summed E-state index contributed by atoms with van der Waals surface area (Å²) in [5, 5.41) is 20.0. The van der Waals surface area contributed by atoms with Gasteiger partial charge in [-0.05, 0) is 18.9 Å². The summed E-state index contributed by atoms with van der Waals surface area (Å²) < 4.78 is 0. The molecule has 0 radical (unpaired) electrons. The molecule has 2 rings (SSSR count). The SMILES string of the molecule is O=C(O)c1cccc([N+](=O)[O-])c1N1CCCC1. The lowest BCUT2D eigenvalue weighted by atomic mass is 10.1. The molecule has 0 bridgehead atoms. The van der Waals surface area contributed by atoms with E-state index in [1.54, 1.807) is 4.90 Å². The predicted octanol–water partition coefficient (Wildman–Crippen LogP) is 1.89. The van der Waals surface area contributed by atoms with Crippen molar-refractivity contribution in [1.82, 2.24) is 0 Å². The van der Waals surface area contributed by atoms with Gasteiger partial charge in [-0.2, -0.15) is 0 Å². The molecule has 1 aromatic carbocycles. The second kappa shape index (κ2) is 4.40. The number of anilines is 1. The number of carbonyl (C=O) groups is 1. The first kappa shape index (κ1) is 11.4. The monoisotopic (exact) mass is 236 g/mol. The van der Waals surface area contributed by atoms with Crippen molar-refractivity contribution in [3.63, 3.8) is 0 Å². The first-order valence-electron chi connectivity index (χ1n) is 5.37. The number of nitro groups is 1. The molecule has 1 heterocycles. The van der Waals surface area contributed by atoms with Gasteiger partial charge in [0.2, 0.25) is 0 Å². The molecular weight excluding hydrogens is 224 g/mol. The largest absolute Gasteiger partial charge is 0.478 e. The minimum atomic E-state index is -1.13. The molecule has 1 N–H and O–H groups in total. The van der Waals surface area contributed by atoms with Crippen molar-refractivity contribution in [2.75, 3.05) is 18.0 Å². The molecule has 0 saturated carbocycles. The fourth-order valence-electron chi connectivity index (χ4n) is 2.12. The van der Waals surface area contributed by atoms with Crippen LogP contribution in [0.4, 0.5) is 11.4 Å². The molecule has 6 heteroatoms. The summed E-state index contributed by atoms with van der Waals surface area (Å²) in [6.45, 7) is 1.34. The molecule has 0 aromatic heterocycles. The molecule has 0 aliphatic carbocycles. The maximum absolute atomic E-state index is 11.1. The highest BCUT2D eigenvalue weighted by atomic mass is 16.6. The molecule has 1 saturated heterocycles. The van der Waals surface area contributed by atoms with Crippen LogP contribution in [0, 0.1) is 10.1 Å². The van der Waals surface area contributed by atoms with Crippen molar-refractivity contribution >= 4 is 17.3 Å². The second-order valence-electron chi connectivity index (χ2n) is 3.93. The number of nitro benzene ring substituents is 1. The third-order valence-corrected chi connectivity index (χ3v) is 2.86. The lowest BCUT2D eigenvalue weighted by Crippen LogP contribution is -2.22. The highest BCUT2D eigenvalue weighted by molar-refractivity contribution is 5.97. The summed E-state index contributed by atoms with van der Waals surface area (Å²) in [5.74, 6) is -1.13. The number of carboxylic acid groups (broad SMARTS) is 1. The molecule has 90 valence electrons. The second-order valence-corrected chi connectivity index (χ2v) is 3.93. The Kier molecular flexibility index (Phi) is 2.95. The number of para-hydroxylation sites is 1.